The van der Waals surface area contributed by atoms with E-state index in [1.165, 1.54) is 0 Å². The highest BCUT2D eigenvalue weighted by Gasteiger charge is 2.27. The Kier molecular flexibility index (Phi) is 6.48. The van der Waals surface area contributed by atoms with E-state index in [4.69, 9.17) is 21.1 Å². The van der Waals surface area contributed by atoms with Gasteiger partial charge in [-0.25, -0.2) is 0 Å². The van der Waals surface area contributed by atoms with E-state index >= 15 is 0 Å². The maximum Gasteiger partial charge on any atom is 0.107 e. The number of nitrogens with one attached hydrogen (secondary N) is 1. The number of nitrogens with two attached hydrogens (primary N) is 1. The Hall–Kier alpha value is -0.620. The molecule has 0 aromatic rings. The molecule has 0 atom stereocenters. The molecule has 0 aromatic carbocycles. The molecule has 0 aliphatic heterocycles. The number of rotatable bonds is 7. The average Bonchev–Trinajstić information content (AvgIpc) is 2.23. The summed E-state index contributed by atoms with van der Waals surface area (Å²) < 4.78 is 0. The van der Waals surface area contributed by atoms with Crippen LogP contribution in [0.25, 0.3) is 0 Å². The molecule has 0 aromatic heterocycles. The molecule has 0 unspecified atom stereocenters. The Labute approximate surface area is 84.2 Å². The van der Waals surface area contributed by atoms with Crippen LogP contribution in [0.3, 0.4) is 0 Å². The molecule has 0 rings (SSSR count). The standard InChI is InChI=1S/C9H20N2O3/c1-8(3-2-4-10)11-9(5-12,6-13)7-14/h3,11-14H,2,4-7,10H2,1H3/b8-3+. The first kappa shape index (κ1) is 13.4. The van der Waals surface area contributed by atoms with Crippen molar-refractivity contribution in [3.63, 3.8) is 0 Å². The van der Waals surface area contributed by atoms with Gasteiger partial charge in [-0.2, -0.15) is 0 Å². The summed E-state index contributed by atoms with van der Waals surface area (Å²) in [6.45, 7) is 1.37. The van der Waals surface area contributed by atoms with Gasteiger partial charge in [0.2, 0.25) is 0 Å². The maximum atomic E-state index is 9.02. The molecule has 0 radical (unpaired) electrons. The molecule has 0 saturated carbocycles. The van der Waals surface area contributed by atoms with Gasteiger partial charge in [0.1, 0.15) is 5.54 Å². The summed E-state index contributed by atoms with van der Waals surface area (Å²) >= 11 is 0. The van der Waals surface area contributed by atoms with Gasteiger partial charge in [-0.3, -0.25) is 0 Å². The first-order valence-corrected chi connectivity index (χ1v) is 4.61. The largest absolute Gasteiger partial charge is 0.394 e. The second-order valence-electron chi connectivity index (χ2n) is 3.34. The van der Waals surface area contributed by atoms with Crippen LogP contribution < -0.4 is 11.1 Å². The van der Waals surface area contributed by atoms with Crippen molar-refractivity contribution in [3.8, 4) is 0 Å². The minimum absolute atomic E-state index is 0.326. The Balaban J connectivity index is 4.28. The average molecular weight is 204 g/mol. The molecular formula is C9H20N2O3. The predicted molar refractivity (Wildman–Crippen MR) is 54.6 cm³/mol. The van der Waals surface area contributed by atoms with Gasteiger partial charge in [0.15, 0.2) is 0 Å². The van der Waals surface area contributed by atoms with Crippen molar-refractivity contribution in [1.82, 2.24) is 5.32 Å². The molecule has 0 aliphatic rings. The lowest BCUT2D eigenvalue weighted by atomic mass is 10.0. The van der Waals surface area contributed by atoms with E-state index in [1.54, 1.807) is 6.92 Å². The highest BCUT2D eigenvalue weighted by molar-refractivity contribution is 5.03. The molecular weight excluding hydrogens is 184 g/mol. The third-order valence-electron chi connectivity index (χ3n) is 1.99. The lowest BCUT2D eigenvalue weighted by molar-refractivity contribution is 0.0494. The zero-order chi connectivity index (χ0) is 11.0. The van der Waals surface area contributed by atoms with Crippen LogP contribution in [0.2, 0.25) is 0 Å². The van der Waals surface area contributed by atoms with Gasteiger partial charge >= 0.3 is 0 Å². The van der Waals surface area contributed by atoms with E-state index in [-0.39, 0.29) is 19.8 Å². The molecule has 0 amide bonds. The number of hydrogen-bond donors (Lipinski definition) is 5. The monoisotopic (exact) mass is 204 g/mol. The van der Waals surface area contributed by atoms with Crippen molar-refractivity contribution >= 4 is 0 Å². The highest BCUT2D eigenvalue weighted by Crippen LogP contribution is 2.05. The zero-order valence-electron chi connectivity index (χ0n) is 8.53. The first-order valence-electron chi connectivity index (χ1n) is 4.61. The number of hydrogen-bond acceptors (Lipinski definition) is 5. The summed E-state index contributed by atoms with van der Waals surface area (Å²) in [5, 5.41) is 29.9. The van der Waals surface area contributed by atoms with Gasteiger partial charge in [-0.15, -0.1) is 0 Å². The summed E-state index contributed by atoms with van der Waals surface area (Å²) in [7, 11) is 0. The van der Waals surface area contributed by atoms with E-state index < -0.39 is 5.54 Å². The van der Waals surface area contributed by atoms with Crippen LogP contribution in [-0.2, 0) is 0 Å². The molecule has 6 N–H and O–H groups in total. The summed E-state index contributed by atoms with van der Waals surface area (Å²) in [6, 6.07) is 0. The summed E-state index contributed by atoms with van der Waals surface area (Å²) in [4.78, 5) is 0. The fraction of sp³-hybridized carbons (Fsp3) is 0.778. The van der Waals surface area contributed by atoms with Crippen LogP contribution in [-0.4, -0.2) is 47.2 Å². The van der Waals surface area contributed by atoms with E-state index in [2.05, 4.69) is 5.32 Å². The molecule has 0 bridgehead atoms. The highest BCUT2D eigenvalue weighted by atomic mass is 16.3. The number of aliphatic hydroxyl groups excluding tert-OH is 3. The molecule has 0 heterocycles. The van der Waals surface area contributed by atoms with E-state index in [1.807, 2.05) is 6.08 Å². The minimum Gasteiger partial charge on any atom is -0.394 e. The lowest BCUT2D eigenvalue weighted by Crippen LogP contribution is -2.53. The topological polar surface area (TPSA) is 98.7 Å². The maximum absolute atomic E-state index is 9.02. The number of allylic oxidation sites excluding steroid dienone is 1. The fourth-order valence-electron chi connectivity index (χ4n) is 1.04. The first-order chi connectivity index (χ1) is 6.64. The third-order valence-corrected chi connectivity index (χ3v) is 1.99. The minimum atomic E-state index is -1.05. The van der Waals surface area contributed by atoms with Crippen LogP contribution in [0, 0.1) is 0 Å². The van der Waals surface area contributed by atoms with Crippen LogP contribution in [0.15, 0.2) is 11.8 Å². The predicted octanol–water partition coefficient (Wildman–Crippen LogP) is -1.46. The van der Waals surface area contributed by atoms with Gasteiger partial charge in [0.05, 0.1) is 19.8 Å². The lowest BCUT2D eigenvalue weighted by Gasteiger charge is -2.30. The molecule has 0 aliphatic carbocycles. The second kappa shape index (κ2) is 6.78. The van der Waals surface area contributed by atoms with Gasteiger partial charge in [0, 0.05) is 5.70 Å². The van der Waals surface area contributed by atoms with Crippen molar-refractivity contribution in [2.24, 2.45) is 5.73 Å². The smallest absolute Gasteiger partial charge is 0.107 e. The molecule has 0 fully saturated rings. The van der Waals surface area contributed by atoms with Crippen molar-refractivity contribution in [2.75, 3.05) is 26.4 Å². The van der Waals surface area contributed by atoms with Crippen molar-refractivity contribution in [2.45, 2.75) is 18.9 Å². The molecule has 0 saturated heterocycles. The van der Waals surface area contributed by atoms with Crippen LogP contribution in [0.5, 0.6) is 0 Å². The summed E-state index contributed by atoms with van der Waals surface area (Å²) in [5.74, 6) is 0. The summed E-state index contributed by atoms with van der Waals surface area (Å²) in [6.07, 6.45) is 2.58. The van der Waals surface area contributed by atoms with Gasteiger partial charge in [-0.1, -0.05) is 6.08 Å². The Morgan fingerprint density at radius 2 is 1.79 bits per heavy atom. The Morgan fingerprint density at radius 1 is 1.29 bits per heavy atom. The summed E-state index contributed by atoms with van der Waals surface area (Å²) in [5.41, 5.74) is 5.06. The molecule has 14 heavy (non-hydrogen) atoms. The Morgan fingerprint density at radius 3 is 2.14 bits per heavy atom. The second-order valence-corrected chi connectivity index (χ2v) is 3.34. The molecule has 84 valence electrons. The van der Waals surface area contributed by atoms with Gasteiger partial charge in [-0.05, 0) is 19.9 Å². The molecule has 5 nitrogen and oxygen atoms in total. The van der Waals surface area contributed by atoms with E-state index in [9.17, 15) is 0 Å². The van der Waals surface area contributed by atoms with Crippen molar-refractivity contribution in [1.29, 1.82) is 0 Å². The zero-order valence-corrected chi connectivity index (χ0v) is 8.53. The van der Waals surface area contributed by atoms with Crippen LogP contribution in [0.4, 0.5) is 0 Å². The van der Waals surface area contributed by atoms with Crippen molar-refractivity contribution in [3.05, 3.63) is 11.8 Å². The van der Waals surface area contributed by atoms with Gasteiger partial charge < -0.3 is 26.4 Å². The van der Waals surface area contributed by atoms with Crippen molar-refractivity contribution < 1.29 is 15.3 Å². The van der Waals surface area contributed by atoms with Gasteiger partial charge in [0.25, 0.3) is 0 Å². The molecule has 0 spiro atoms. The van der Waals surface area contributed by atoms with Crippen LogP contribution in [0.1, 0.15) is 13.3 Å². The Bertz CT molecular complexity index is 171. The number of aliphatic hydroxyl groups is 3. The third kappa shape index (κ3) is 4.06. The fourth-order valence-corrected chi connectivity index (χ4v) is 1.04. The van der Waals surface area contributed by atoms with E-state index in [0.717, 1.165) is 12.1 Å². The quantitative estimate of drug-likeness (QED) is 0.349. The SMILES string of the molecule is C/C(=C\CCN)NC(CO)(CO)CO. The van der Waals surface area contributed by atoms with Crippen LogP contribution >= 0.6 is 0 Å². The normalized spacial score (nSPS) is 13.1. The van der Waals surface area contributed by atoms with E-state index in [0.29, 0.717) is 6.54 Å². The molecule has 5 heteroatoms.